The molecule has 0 bridgehead atoms. The minimum Gasteiger partial charge on any atom is -0.328 e. The van der Waals surface area contributed by atoms with Crippen molar-refractivity contribution in [3.8, 4) is 0 Å². The van der Waals surface area contributed by atoms with Gasteiger partial charge in [0.25, 0.3) is 0 Å². The van der Waals surface area contributed by atoms with Gasteiger partial charge < -0.3 is 5.73 Å². The van der Waals surface area contributed by atoms with Gasteiger partial charge in [-0.05, 0) is 43.9 Å². The molecule has 21 heavy (non-hydrogen) atoms. The lowest BCUT2D eigenvalue weighted by molar-refractivity contribution is 0.247. The largest absolute Gasteiger partial charge is 0.328 e. The summed E-state index contributed by atoms with van der Waals surface area (Å²) in [6.45, 7) is 2.15. The Labute approximate surface area is 130 Å². The van der Waals surface area contributed by atoms with E-state index in [1.54, 1.807) is 6.92 Å². The van der Waals surface area contributed by atoms with E-state index in [4.69, 9.17) is 17.3 Å². The average molecular weight is 335 g/mol. The molecule has 7 heteroatoms. The molecular weight excluding hydrogens is 315 g/mol. The fraction of sp³-hybridized carbons (Fsp3) is 0.571. The molecule has 0 aromatic heterocycles. The number of benzene rings is 1. The Morgan fingerprint density at radius 3 is 2.48 bits per heavy atom. The summed E-state index contributed by atoms with van der Waals surface area (Å²) in [7, 11) is -3.72. The molecule has 1 aliphatic carbocycles. The molecule has 1 aromatic rings. The lowest BCUT2D eigenvalue weighted by atomic mass is 9.92. The first-order chi connectivity index (χ1) is 9.86. The normalized spacial score (nSPS) is 23.5. The summed E-state index contributed by atoms with van der Waals surface area (Å²) in [5.41, 5.74) is 5.87. The zero-order chi connectivity index (χ0) is 15.6. The maximum Gasteiger partial charge on any atom is 0.244 e. The molecule has 1 aromatic carbocycles. The van der Waals surface area contributed by atoms with Gasteiger partial charge in [0.1, 0.15) is 10.7 Å². The number of nitrogens with two attached hydrogens (primary N) is 1. The Balaban J connectivity index is 2.31. The number of hydrogen-bond acceptors (Lipinski definition) is 3. The summed E-state index contributed by atoms with van der Waals surface area (Å²) >= 11 is 5.91. The molecule has 2 rings (SSSR count). The Morgan fingerprint density at radius 1 is 1.33 bits per heavy atom. The first-order valence-electron chi connectivity index (χ1n) is 7.08. The highest BCUT2D eigenvalue weighted by atomic mass is 35.5. The minimum absolute atomic E-state index is 0.0395. The van der Waals surface area contributed by atoms with Crippen LogP contribution in [-0.2, 0) is 10.0 Å². The molecular formula is C14H20ClFN2O2S. The Bertz CT molecular complexity index is 601. The van der Waals surface area contributed by atoms with Crippen molar-refractivity contribution in [1.29, 1.82) is 0 Å². The summed E-state index contributed by atoms with van der Waals surface area (Å²) < 4.78 is 40.1. The highest BCUT2D eigenvalue weighted by molar-refractivity contribution is 7.89. The van der Waals surface area contributed by atoms with Crippen molar-refractivity contribution >= 4 is 21.6 Å². The van der Waals surface area contributed by atoms with E-state index >= 15 is 0 Å². The van der Waals surface area contributed by atoms with Crippen molar-refractivity contribution in [3.05, 3.63) is 29.0 Å². The molecule has 4 nitrogen and oxygen atoms in total. The molecule has 1 aliphatic rings. The molecule has 0 heterocycles. The van der Waals surface area contributed by atoms with Crippen molar-refractivity contribution in [2.75, 3.05) is 6.54 Å². The first-order valence-corrected chi connectivity index (χ1v) is 8.90. The van der Waals surface area contributed by atoms with Gasteiger partial charge in [0.15, 0.2) is 0 Å². The van der Waals surface area contributed by atoms with Crippen LogP contribution in [0.25, 0.3) is 0 Å². The summed E-state index contributed by atoms with van der Waals surface area (Å²) in [5.74, 6) is -0.550. The monoisotopic (exact) mass is 334 g/mol. The van der Waals surface area contributed by atoms with Gasteiger partial charge in [-0.3, -0.25) is 0 Å². The lowest BCUT2D eigenvalue weighted by Crippen LogP contribution is -2.44. The maximum absolute atomic E-state index is 13.1. The van der Waals surface area contributed by atoms with Crippen LogP contribution in [0.2, 0.25) is 5.02 Å². The summed E-state index contributed by atoms with van der Waals surface area (Å²) in [5, 5.41) is -0.0824. The SMILES string of the molecule is CCN(C1CCC(N)CC1)S(=O)(=O)c1ccc(F)cc1Cl. The molecule has 0 atom stereocenters. The molecule has 1 saturated carbocycles. The summed E-state index contributed by atoms with van der Waals surface area (Å²) in [6.07, 6.45) is 3.11. The molecule has 0 spiro atoms. The average Bonchev–Trinajstić information content (AvgIpc) is 2.41. The van der Waals surface area contributed by atoms with Crippen molar-refractivity contribution in [1.82, 2.24) is 4.31 Å². The highest BCUT2D eigenvalue weighted by Gasteiger charge is 2.33. The van der Waals surface area contributed by atoms with E-state index in [9.17, 15) is 12.8 Å². The number of rotatable bonds is 4. The Morgan fingerprint density at radius 2 is 1.95 bits per heavy atom. The fourth-order valence-corrected chi connectivity index (χ4v) is 5.03. The zero-order valence-electron chi connectivity index (χ0n) is 11.9. The van der Waals surface area contributed by atoms with Crippen molar-refractivity contribution in [2.45, 2.75) is 49.6 Å². The third kappa shape index (κ3) is 3.56. The van der Waals surface area contributed by atoms with Crippen LogP contribution in [0.4, 0.5) is 4.39 Å². The molecule has 0 radical (unpaired) electrons. The van der Waals surface area contributed by atoms with Gasteiger partial charge in [-0.25, -0.2) is 12.8 Å². The highest BCUT2D eigenvalue weighted by Crippen LogP contribution is 2.30. The minimum atomic E-state index is -3.72. The van der Waals surface area contributed by atoms with E-state index in [0.717, 1.165) is 37.8 Å². The quantitative estimate of drug-likeness (QED) is 0.920. The van der Waals surface area contributed by atoms with Crippen molar-refractivity contribution in [2.24, 2.45) is 5.73 Å². The smallest absolute Gasteiger partial charge is 0.244 e. The maximum atomic E-state index is 13.1. The van der Waals surface area contributed by atoms with Crippen molar-refractivity contribution in [3.63, 3.8) is 0 Å². The van der Waals surface area contributed by atoms with E-state index in [0.29, 0.717) is 6.54 Å². The van der Waals surface area contributed by atoms with Gasteiger partial charge in [-0.1, -0.05) is 18.5 Å². The van der Waals surface area contributed by atoms with Gasteiger partial charge in [0.05, 0.1) is 5.02 Å². The van der Waals surface area contributed by atoms with E-state index < -0.39 is 15.8 Å². The van der Waals surface area contributed by atoms with Crippen LogP contribution in [0.1, 0.15) is 32.6 Å². The number of hydrogen-bond donors (Lipinski definition) is 1. The number of sulfonamides is 1. The second kappa shape index (κ2) is 6.60. The Kier molecular flexibility index (Phi) is 5.24. The third-order valence-electron chi connectivity index (χ3n) is 3.94. The second-order valence-corrected chi connectivity index (χ2v) is 7.62. The van der Waals surface area contributed by atoms with E-state index in [1.165, 1.54) is 10.4 Å². The van der Waals surface area contributed by atoms with Crippen LogP contribution in [-0.4, -0.2) is 31.4 Å². The van der Waals surface area contributed by atoms with Gasteiger partial charge in [0.2, 0.25) is 10.0 Å². The second-order valence-electron chi connectivity index (χ2n) is 5.35. The third-order valence-corrected chi connectivity index (χ3v) is 6.45. The molecule has 2 N–H and O–H groups in total. The van der Waals surface area contributed by atoms with Crippen LogP contribution in [0.15, 0.2) is 23.1 Å². The first kappa shape index (κ1) is 16.7. The summed E-state index contributed by atoms with van der Waals surface area (Å²) in [4.78, 5) is -0.0395. The van der Waals surface area contributed by atoms with Gasteiger partial charge in [-0.2, -0.15) is 4.31 Å². The van der Waals surface area contributed by atoms with E-state index in [-0.39, 0.29) is 22.0 Å². The van der Waals surface area contributed by atoms with E-state index in [2.05, 4.69) is 0 Å². The van der Waals surface area contributed by atoms with Crippen LogP contribution in [0.5, 0.6) is 0 Å². The van der Waals surface area contributed by atoms with Crippen LogP contribution < -0.4 is 5.73 Å². The predicted molar refractivity (Wildman–Crippen MR) is 81.2 cm³/mol. The number of nitrogens with zero attached hydrogens (tertiary/aromatic N) is 1. The Hall–Kier alpha value is -0.690. The van der Waals surface area contributed by atoms with Crippen LogP contribution >= 0.6 is 11.6 Å². The number of halogens is 2. The molecule has 0 saturated heterocycles. The van der Waals surface area contributed by atoms with E-state index in [1.807, 2.05) is 0 Å². The van der Waals surface area contributed by atoms with Gasteiger partial charge in [0, 0.05) is 18.6 Å². The van der Waals surface area contributed by atoms with Crippen LogP contribution in [0, 0.1) is 5.82 Å². The molecule has 1 fully saturated rings. The molecule has 118 valence electrons. The van der Waals surface area contributed by atoms with Gasteiger partial charge >= 0.3 is 0 Å². The zero-order valence-corrected chi connectivity index (χ0v) is 13.5. The predicted octanol–water partition coefficient (Wildman–Crippen LogP) is 2.76. The standard InChI is InChI=1S/C14H20ClFN2O2S/c1-2-18(12-6-4-11(17)5-7-12)21(19,20)14-8-3-10(16)9-13(14)15/h3,8-9,11-12H,2,4-7,17H2,1H3. The lowest BCUT2D eigenvalue weighted by Gasteiger charge is -2.34. The summed E-state index contributed by atoms with van der Waals surface area (Å²) in [6, 6.07) is 3.45. The van der Waals surface area contributed by atoms with Gasteiger partial charge in [-0.15, -0.1) is 0 Å². The molecule has 0 unspecified atom stereocenters. The molecule has 0 amide bonds. The molecule has 0 aliphatic heterocycles. The van der Waals surface area contributed by atoms with Crippen LogP contribution in [0.3, 0.4) is 0 Å². The topological polar surface area (TPSA) is 63.4 Å². The fourth-order valence-electron chi connectivity index (χ4n) is 2.82. The van der Waals surface area contributed by atoms with Crippen molar-refractivity contribution < 1.29 is 12.8 Å².